The number of amides is 1. The lowest BCUT2D eigenvalue weighted by molar-refractivity contribution is -0.132. The SMILES string of the molecule is Cl.Cl.NC(Cc1ccccc1)C(=O)N1CCN(c2ccc(Cl)cc2)CC1. The van der Waals surface area contributed by atoms with E-state index < -0.39 is 6.04 Å². The number of carbonyl (C=O) groups excluding carboxylic acids is 1. The summed E-state index contributed by atoms with van der Waals surface area (Å²) >= 11 is 5.93. The van der Waals surface area contributed by atoms with Gasteiger partial charge in [0.05, 0.1) is 6.04 Å². The van der Waals surface area contributed by atoms with Gasteiger partial charge >= 0.3 is 0 Å². The van der Waals surface area contributed by atoms with Gasteiger partial charge in [-0.1, -0.05) is 41.9 Å². The molecule has 1 amide bonds. The van der Waals surface area contributed by atoms with Gasteiger partial charge < -0.3 is 15.5 Å². The van der Waals surface area contributed by atoms with Crippen molar-refractivity contribution in [3.05, 3.63) is 65.2 Å². The Labute approximate surface area is 172 Å². The third-order valence-corrected chi connectivity index (χ3v) is 4.65. The molecule has 0 spiro atoms. The largest absolute Gasteiger partial charge is 0.368 e. The van der Waals surface area contributed by atoms with Crippen molar-refractivity contribution in [2.45, 2.75) is 12.5 Å². The summed E-state index contributed by atoms with van der Waals surface area (Å²) in [6.45, 7) is 3.02. The van der Waals surface area contributed by atoms with Crippen LogP contribution in [0.5, 0.6) is 0 Å². The van der Waals surface area contributed by atoms with E-state index in [2.05, 4.69) is 4.90 Å². The summed E-state index contributed by atoms with van der Waals surface area (Å²) in [7, 11) is 0. The summed E-state index contributed by atoms with van der Waals surface area (Å²) in [6, 6.07) is 17.3. The van der Waals surface area contributed by atoms with Crippen molar-refractivity contribution in [1.29, 1.82) is 0 Å². The van der Waals surface area contributed by atoms with E-state index in [-0.39, 0.29) is 30.7 Å². The van der Waals surface area contributed by atoms with Gasteiger partial charge in [0.15, 0.2) is 0 Å². The molecular weight excluding hydrogens is 393 g/mol. The van der Waals surface area contributed by atoms with Crippen molar-refractivity contribution >= 4 is 48.0 Å². The predicted octanol–water partition coefficient (Wildman–Crippen LogP) is 3.40. The highest BCUT2D eigenvalue weighted by atomic mass is 35.5. The van der Waals surface area contributed by atoms with Gasteiger partial charge in [-0.15, -0.1) is 24.8 Å². The minimum Gasteiger partial charge on any atom is -0.368 e. The maximum absolute atomic E-state index is 12.6. The van der Waals surface area contributed by atoms with Crippen molar-refractivity contribution in [1.82, 2.24) is 4.90 Å². The molecule has 0 radical (unpaired) electrons. The number of halogens is 3. The van der Waals surface area contributed by atoms with Crippen molar-refractivity contribution in [2.75, 3.05) is 31.1 Å². The number of rotatable bonds is 4. The van der Waals surface area contributed by atoms with Crippen LogP contribution in [0.4, 0.5) is 5.69 Å². The smallest absolute Gasteiger partial charge is 0.239 e. The van der Waals surface area contributed by atoms with Gasteiger partial charge in [0.25, 0.3) is 0 Å². The highest BCUT2D eigenvalue weighted by Gasteiger charge is 2.25. The van der Waals surface area contributed by atoms with Gasteiger partial charge in [-0.05, 0) is 36.2 Å². The second-order valence-electron chi connectivity index (χ2n) is 6.08. The summed E-state index contributed by atoms with van der Waals surface area (Å²) in [5.74, 6) is 0.0367. The molecule has 1 fully saturated rings. The number of benzene rings is 2. The molecule has 1 saturated heterocycles. The molecule has 3 rings (SSSR count). The Morgan fingerprint density at radius 2 is 1.54 bits per heavy atom. The highest BCUT2D eigenvalue weighted by Crippen LogP contribution is 2.19. The predicted molar refractivity (Wildman–Crippen MR) is 113 cm³/mol. The average molecular weight is 417 g/mol. The maximum Gasteiger partial charge on any atom is 0.239 e. The Hall–Kier alpha value is -1.46. The molecular formula is C19H24Cl3N3O. The Morgan fingerprint density at radius 3 is 2.12 bits per heavy atom. The molecule has 2 N–H and O–H groups in total. The molecule has 1 aliphatic heterocycles. The van der Waals surface area contributed by atoms with Gasteiger partial charge in [-0.25, -0.2) is 0 Å². The summed E-state index contributed by atoms with van der Waals surface area (Å²) in [5.41, 5.74) is 8.36. The molecule has 0 aromatic heterocycles. The second-order valence-corrected chi connectivity index (χ2v) is 6.52. The van der Waals surface area contributed by atoms with Gasteiger partial charge in [-0.2, -0.15) is 0 Å². The number of nitrogens with two attached hydrogens (primary N) is 1. The lowest BCUT2D eigenvalue weighted by Crippen LogP contribution is -2.53. The molecule has 142 valence electrons. The van der Waals surface area contributed by atoms with E-state index in [0.29, 0.717) is 19.5 Å². The van der Waals surface area contributed by atoms with Crippen LogP contribution in [0.1, 0.15) is 5.56 Å². The maximum atomic E-state index is 12.6. The molecule has 1 atom stereocenters. The average Bonchev–Trinajstić information content (AvgIpc) is 2.63. The summed E-state index contributed by atoms with van der Waals surface area (Å²) in [6.07, 6.45) is 0.580. The molecule has 1 heterocycles. The van der Waals surface area contributed by atoms with Gasteiger partial charge in [-0.3, -0.25) is 4.79 Å². The fraction of sp³-hybridized carbons (Fsp3) is 0.316. The van der Waals surface area contributed by atoms with Crippen LogP contribution in [-0.4, -0.2) is 43.0 Å². The zero-order chi connectivity index (χ0) is 16.9. The van der Waals surface area contributed by atoms with Crippen LogP contribution in [0.15, 0.2) is 54.6 Å². The molecule has 2 aromatic carbocycles. The summed E-state index contributed by atoms with van der Waals surface area (Å²) < 4.78 is 0. The third kappa shape index (κ3) is 5.78. The standard InChI is InChI=1S/C19H22ClN3O.2ClH/c20-16-6-8-17(9-7-16)22-10-12-23(13-11-22)19(24)18(21)14-15-4-2-1-3-5-15;;/h1-9,18H,10-14,21H2;2*1H. The number of nitrogens with zero attached hydrogens (tertiary/aromatic N) is 2. The van der Waals surface area contributed by atoms with Gasteiger partial charge in [0, 0.05) is 36.9 Å². The molecule has 0 bridgehead atoms. The van der Waals surface area contributed by atoms with Crippen LogP contribution in [0.3, 0.4) is 0 Å². The molecule has 0 saturated carbocycles. The summed E-state index contributed by atoms with van der Waals surface area (Å²) in [5, 5.41) is 0.736. The quantitative estimate of drug-likeness (QED) is 0.831. The monoisotopic (exact) mass is 415 g/mol. The molecule has 26 heavy (non-hydrogen) atoms. The first kappa shape index (κ1) is 22.6. The van der Waals surface area contributed by atoms with Crippen LogP contribution in [-0.2, 0) is 11.2 Å². The van der Waals surface area contributed by atoms with Crippen molar-refractivity contribution in [3.8, 4) is 0 Å². The van der Waals surface area contributed by atoms with E-state index in [1.54, 1.807) is 0 Å². The fourth-order valence-corrected chi connectivity index (χ4v) is 3.15. The van der Waals surface area contributed by atoms with Crippen LogP contribution in [0.2, 0.25) is 5.02 Å². The summed E-state index contributed by atoms with van der Waals surface area (Å²) in [4.78, 5) is 16.7. The first-order chi connectivity index (χ1) is 11.6. The topological polar surface area (TPSA) is 49.6 Å². The lowest BCUT2D eigenvalue weighted by Gasteiger charge is -2.37. The second kappa shape index (κ2) is 10.6. The van der Waals surface area contributed by atoms with Crippen LogP contribution < -0.4 is 10.6 Å². The number of carbonyl (C=O) groups is 1. The van der Waals surface area contributed by atoms with Crippen molar-refractivity contribution in [2.24, 2.45) is 5.73 Å². The fourth-order valence-electron chi connectivity index (χ4n) is 3.03. The molecule has 1 aliphatic rings. The number of hydrogen-bond donors (Lipinski definition) is 1. The molecule has 2 aromatic rings. The van der Waals surface area contributed by atoms with E-state index >= 15 is 0 Å². The number of anilines is 1. The first-order valence-electron chi connectivity index (χ1n) is 8.22. The van der Waals surface area contributed by atoms with E-state index in [4.69, 9.17) is 17.3 Å². The highest BCUT2D eigenvalue weighted by molar-refractivity contribution is 6.30. The minimum absolute atomic E-state index is 0. The van der Waals surface area contributed by atoms with Crippen LogP contribution in [0.25, 0.3) is 0 Å². The van der Waals surface area contributed by atoms with Crippen LogP contribution >= 0.6 is 36.4 Å². The number of hydrogen-bond acceptors (Lipinski definition) is 3. The normalized spacial score (nSPS) is 14.8. The zero-order valence-electron chi connectivity index (χ0n) is 14.4. The molecule has 1 unspecified atom stereocenters. The Kier molecular flexibility index (Phi) is 9.23. The molecule has 7 heteroatoms. The zero-order valence-corrected chi connectivity index (χ0v) is 16.8. The van der Waals surface area contributed by atoms with E-state index in [0.717, 1.165) is 29.4 Å². The van der Waals surface area contributed by atoms with E-state index in [1.807, 2.05) is 59.5 Å². The Morgan fingerprint density at radius 1 is 0.962 bits per heavy atom. The Balaban J connectivity index is 0.00000169. The van der Waals surface area contributed by atoms with Gasteiger partial charge in [0.2, 0.25) is 5.91 Å². The Bertz CT molecular complexity index is 674. The lowest BCUT2D eigenvalue weighted by atomic mass is 10.1. The van der Waals surface area contributed by atoms with E-state index in [9.17, 15) is 4.79 Å². The third-order valence-electron chi connectivity index (χ3n) is 4.40. The van der Waals surface area contributed by atoms with Crippen molar-refractivity contribution < 1.29 is 4.79 Å². The van der Waals surface area contributed by atoms with E-state index in [1.165, 1.54) is 0 Å². The molecule has 0 aliphatic carbocycles. The molecule has 4 nitrogen and oxygen atoms in total. The van der Waals surface area contributed by atoms with Crippen LogP contribution in [0, 0.1) is 0 Å². The van der Waals surface area contributed by atoms with Crippen molar-refractivity contribution in [3.63, 3.8) is 0 Å². The van der Waals surface area contributed by atoms with Gasteiger partial charge in [0.1, 0.15) is 0 Å². The minimum atomic E-state index is -0.477. The first-order valence-corrected chi connectivity index (χ1v) is 8.60. The number of piperazine rings is 1.